The van der Waals surface area contributed by atoms with E-state index < -0.39 is 10.1 Å². The van der Waals surface area contributed by atoms with Crippen molar-refractivity contribution in [2.24, 2.45) is 0 Å². The molecule has 13 heavy (non-hydrogen) atoms. The van der Waals surface area contributed by atoms with Crippen LogP contribution in [0.5, 0.6) is 0 Å². The summed E-state index contributed by atoms with van der Waals surface area (Å²) in [5.74, 6) is 0. The van der Waals surface area contributed by atoms with Gasteiger partial charge in [0.15, 0.2) is 0 Å². The molecule has 0 aliphatic rings. The summed E-state index contributed by atoms with van der Waals surface area (Å²) in [6.07, 6.45) is 0. The molecule has 0 unspecified atom stereocenters. The third-order valence-electron chi connectivity index (χ3n) is 1.25. The van der Waals surface area contributed by atoms with Crippen molar-refractivity contribution >= 4 is 10.1 Å². The minimum absolute atomic E-state index is 0. The molecule has 0 spiro atoms. The molecule has 1 aromatic carbocycles. The Kier molecular flexibility index (Phi) is 7.41. The van der Waals surface area contributed by atoms with Crippen molar-refractivity contribution < 1.29 is 33.7 Å². The molecule has 0 atom stereocenters. The quantitative estimate of drug-likeness (QED) is 0.584. The summed E-state index contributed by atoms with van der Waals surface area (Å²) in [7, 11) is -2.36. The van der Waals surface area contributed by atoms with Crippen molar-refractivity contribution in [3.8, 4) is 0 Å². The van der Waals surface area contributed by atoms with E-state index in [0.29, 0.717) is 0 Å². The van der Waals surface area contributed by atoms with Crippen molar-refractivity contribution in [3.63, 3.8) is 0 Å². The minimum atomic E-state index is -3.50. The SMILES string of the molecule is COS(=O)(=O)c1ccccc1.[CH3-].[W]. The fourth-order valence-electron chi connectivity index (χ4n) is 0.683. The average molecular weight is 371 g/mol. The van der Waals surface area contributed by atoms with Crippen molar-refractivity contribution in [2.75, 3.05) is 7.11 Å². The standard InChI is InChI=1S/C7H8O3S.CH3.W/c1-10-11(8,9)7-5-3-2-4-6-7;;/h2-6H,1H3;1H3;/q;-1;. The molecule has 0 saturated carbocycles. The Morgan fingerprint density at radius 3 is 2.00 bits per heavy atom. The summed E-state index contributed by atoms with van der Waals surface area (Å²) < 4.78 is 26.3. The predicted octanol–water partition coefficient (Wildman–Crippen LogP) is 1.47. The maximum Gasteiger partial charge on any atom is 0.296 e. The summed E-state index contributed by atoms with van der Waals surface area (Å²) in [6, 6.07) is 8.00. The normalized spacial score (nSPS) is 9.62. The van der Waals surface area contributed by atoms with Gasteiger partial charge in [-0.25, -0.2) is 0 Å². The molecule has 0 aliphatic carbocycles. The Balaban J connectivity index is 0. The van der Waals surface area contributed by atoms with E-state index in [1.165, 1.54) is 12.1 Å². The van der Waals surface area contributed by atoms with Crippen molar-refractivity contribution in [1.82, 2.24) is 0 Å². The van der Waals surface area contributed by atoms with Crippen LogP contribution in [-0.2, 0) is 35.4 Å². The molecular weight excluding hydrogens is 360 g/mol. The molecule has 0 amide bonds. The monoisotopic (exact) mass is 371 g/mol. The van der Waals surface area contributed by atoms with Gasteiger partial charge in [-0.3, -0.25) is 4.18 Å². The van der Waals surface area contributed by atoms with Gasteiger partial charge in [-0.05, 0) is 12.1 Å². The molecule has 0 heterocycles. The molecule has 0 saturated heterocycles. The Bertz CT molecular complexity index is 321. The van der Waals surface area contributed by atoms with Crippen molar-refractivity contribution in [3.05, 3.63) is 37.8 Å². The first-order valence-corrected chi connectivity index (χ1v) is 4.43. The summed E-state index contributed by atoms with van der Waals surface area (Å²) in [5, 5.41) is 0. The largest absolute Gasteiger partial charge is 0.358 e. The molecule has 1 aromatic rings. The van der Waals surface area contributed by atoms with Gasteiger partial charge in [0.2, 0.25) is 0 Å². The van der Waals surface area contributed by atoms with E-state index >= 15 is 0 Å². The maximum atomic E-state index is 11.0. The smallest absolute Gasteiger partial charge is 0.296 e. The predicted molar refractivity (Wildman–Crippen MR) is 47.1 cm³/mol. The first-order valence-electron chi connectivity index (χ1n) is 3.02. The molecule has 0 radical (unpaired) electrons. The molecular formula is C8H11O3SW-. The van der Waals surface area contributed by atoms with Gasteiger partial charge in [-0.1, -0.05) is 18.2 Å². The van der Waals surface area contributed by atoms with Gasteiger partial charge >= 0.3 is 0 Å². The van der Waals surface area contributed by atoms with Crippen LogP contribution in [0.2, 0.25) is 0 Å². The van der Waals surface area contributed by atoms with Crippen LogP contribution >= 0.6 is 0 Å². The zero-order valence-electron chi connectivity index (χ0n) is 7.43. The van der Waals surface area contributed by atoms with Crippen molar-refractivity contribution in [2.45, 2.75) is 4.90 Å². The third kappa shape index (κ3) is 4.03. The molecule has 74 valence electrons. The summed E-state index contributed by atoms with van der Waals surface area (Å²) in [6.45, 7) is 0. The second-order valence-electron chi connectivity index (χ2n) is 1.93. The number of hydrogen-bond acceptors (Lipinski definition) is 3. The topological polar surface area (TPSA) is 43.4 Å². The maximum absolute atomic E-state index is 11.0. The average Bonchev–Trinajstić information content (AvgIpc) is 2.06. The van der Waals surface area contributed by atoms with E-state index in [4.69, 9.17) is 0 Å². The second-order valence-corrected chi connectivity index (χ2v) is 3.65. The van der Waals surface area contributed by atoms with Crippen LogP contribution in [0.1, 0.15) is 0 Å². The van der Waals surface area contributed by atoms with Gasteiger partial charge in [-0.15, -0.1) is 0 Å². The Labute approximate surface area is 93.5 Å². The Hall–Kier alpha value is -0.182. The van der Waals surface area contributed by atoms with Crippen LogP contribution in [0.4, 0.5) is 0 Å². The van der Waals surface area contributed by atoms with Crippen LogP contribution in [0, 0.1) is 7.43 Å². The molecule has 1 rings (SSSR count). The summed E-state index contributed by atoms with van der Waals surface area (Å²) in [4.78, 5) is 0.183. The van der Waals surface area contributed by atoms with Crippen LogP contribution in [0.25, 0.3) is 0 Å². The van der Waals surface area contributed by atoms with E-state index in [-0.39, 0.29) is 33.4 Å². The Morgan fingerprint density at radius 2 is 1.62 bits per heavy atom. The van der Waals surface area contributed by atoms with Gasteiger partial charge in [0.1, 0.15) is 0 Å². The van der Waals surface area contributed by atoms with E-state index in [1.807, 2.05) is 0 Å². The molecule has 0 aliphatic heterocycles. The number of rotatable bonds is 2. The molecule has 0 fully saturated rings. The first kappa shape index (κ1) is 15.3. The third-order valence-corrected chi connectivity index (χ3v) is 2.54. The van der Waals surface area contributed by atoms with Gasteiger partial charge in [0.25, 0.3) is 10.1 Å². The van der Waals surface area contributed by atoms with Gasteiger partial charge < -0.3 is 7.43 Å². The van der Waals surface area contributed by atoms with Crippen LogP contribution in [-0.4, -0.2) is 15.5 Å². The fraction of sp³-hybridized carbons (Fsp3) is 0.125. The van der Waals surface area contributed by atoms with Crippen LogP contribution in [0.15, 0.2) is 35.2 Å². The van der Waals surface area contributed by atoms with E-state index in [0.717, 1.165) is 7.11 Å². The second kappa shape index (κ2) is 6.30. The molecule has 3 nitrogen and oxygen atoms in total. The number of benzene rings is 1. The fourth-order valence-corrected chi connectivity index (χ4v) is 1.37. The zero-order chi connectivity index (χ0) is 8.32. The molecule has 0 bridgehead atoms. The zero-order valence-corrected chi connectivity index (χ0v) is 11.2. The van der Waals surface area contributed by atoms with Crippen LogP contribution in [0.3, 0.4) is 0 Å². The molecule has 0 N–H and O–H groups in total. The van der Waals surface area contributed by atoms with Gasteiger partial charge in [-0.2, -0.15) is 8.42 Å². The molecule has 0 aromatic heterocycles. The number of hydrogen-bond donors (Lipinski definition) is 0. The van der Waals surface area contributed by atoms with Crippen molar-refractivity contribution in [1.29, 1.82) is 0 Å². The van der Waals surface area contributed by atoms with Gasteiger partial charge in [0, 0.05) is 21.1 Å². The van der Waals surface area contributed by atoms with E-state index in [9.17, 15) is 8.42 Å². The van der Waals surface area contributed by atoms with E-state index in [1.54, 1.807) is 18.2 Å². The van der Waals surface area contributed by atoms with Gasteiger partial charge in [0.05, 0.1) is 12.0 Å². The minimum Gasteiger partial charge on any atom is -0.358 e. The first-order chi connectivity index (χ1) is 5.17. The summed E-state index contributed by atoms with van der Waals surface area (Å²) in [5.41, 5.74) is 0. The van der Waals surface area contributed by atoms with E-state index in [2.05, 4.69) is 4.18 Å². The summed E-state index contributed by atoms with van der Waals surface area (Å²) >= 11 is 0. The molecule has 5 heteroatoms. The Morgan fingerprint density at radius 1 is 1.15 bits per heavy atom. The van der Waals surface area contributed by atoms with Crippen LogP contribution < -0.4 is 0 Å².